The molecule has 0 spiro atoms. The van der Waals surface area contributed by atoms with Gasteiger partial charge >= 0.3 is 0 Å². The number of nitrogens with zero attached hydrogens (tertiary/aromatic N) is 1. The topological polar surface area (TPSA) is 84.9 Å². The highest BCUT2D eigenvalue weighted by molar-refractivity contribution is 7.89. The number of rotatable bonds is 7. The van der Waals surface area contributed by atoms with Gasteiger partial charge in [-0.1, -0.05) is 12.1 Å². The van der Waals surface area contributed by atoms with Crippen LogP contribution in [0.15, 0.2) is 47.4 Å². The number of carbonyl (C=O) groups is 1. The average Bonchev–Trinajstić information content (AvgIpc) is 2.67. The lowest BCUT2D eigenvalue weighted by atomic mass is 10.2. The molecule has 0 fully saturated rings. The number of ether oxygens (including phenoxy) is 2. The highest BCUT2D eigenvalue weighted by atomic mass is 32.2. The number of benzene rings is 2. The highest BCUT2D eigenvalue weighted by Crippen LogP contribution is 2.28. The van der Waals surface area contributed by atoms with Crippen molar-refractivity contribution in [3.63, 3.8) is 0 Å². The van der Waals surface area contributed by atoms with E-state index < -0.39 is 10.0 Å². The summed E-state index contributed by atoms with van der Waals surface area (Å²) < 4.78 is 36.3. The number of anilines is 1. The van der Waals surface area contributed by atoms with Gasteiger partial charge in [-0.15, -0.1) is 0 Å². The molecule has 0 bridgehead atoms. The van der Waals surface area contributed by atoms with Crippen LogP contribution in [0.4, 0.5) is 5.69 Å². The van der Waals surface area contributed by atoms with Crippen LogP contribution in [0.2, 0.25) is 0 Å². The number of hydrogen-bond acceptors (Lipinski definition) is 5. The van der Waals surface area contributed by atoms with Gasteiger partial charge in [-0.05, 0) is 48.4 Å². The third-order valence-electron chi connectivity index (χ3n) is 4.05. The molecular formula is C20H24N2O5S. The van der Waals surface area contributed by atoms with Gasteiger partial charge in [-0.3, -0.25) is 4.79 Å². The summed E-state index contributed by atoms with van der Waals surface area (Å²) in [6, 6.07) is 10.0. The number of aryl methyl sites for hydroxylation is 1. The van der Waals surface area contributed by atoms with E-state index in [4.69, 9.17) is 9.47 Å². The molecule has 2 aromatic rings. The van der Waals surface area contributed by atoms with Crippen molar-refractivity contribution in [1.29, 1.82) is 0 Å². The van der Waals surface area contributed by atoms with Crippen molar-refractivity contribution < 1.29 is 22.7 Å². The minimum atomic E-state index is -3.60. The molecule has 0 aliphatic carbocycles. The van der Waals surface area contributed by atoms with E-state index in [0.717, 1.165) is 9.87 Å². The molecule has 2 rings (SSSR count). The lowest BCUT2D eigenvalue weighted by Crippen LogP contribution is -2.23. The summed E-state index contributed by atoms with van der Waals surface area (Å²) in [6.45, 7) is 1.71. The lowest BCUT2D eigenvalue weighted by Gasteiger charge is -2.14. The van der Waals surface area contributed by atoms with Gasteiger partial charge in [0.15, 0.2) is 11.5 Å². The Morgan fingerprint density at radius 2 is 1.71 bits per heavy atom. The molecule has 1 amide bonds. The largest absolute Gasteiger partial charge is 0.493 e. The van der Waals surface area contributed by atoms with Crippen molar-refractivity contribution >= 4 is 27.7 Å². The Labute approximate surface area is 165 Å². The molecule has 7 nitrogen and oxygen atoms in total. The third-order valence-corrected chi connectivity index (χ3v) is 6.01. The molecule has 28 heavy (non-hydrogen) atoms. The molecular weight excluding hydrogens is 380 g/mol. The van der Waals surface area contributed by atoms with Gasteiger partial charge in [0.1, 0.15) is 0 Å². The molecule has 0 heterocycles. The molecule has 0 saturated carbocycles. The molecule has 150 valence electrons. The first-order chi connectivity index (χ1) is 13.2. The van der Waals surface area contributed by atoms with Crippen molar-refractivity contribution in [2.45, 2.75) is 11.8 Å². The fraction of sp³-hybridized carbons (Fsp3) is 0.250. The molecule has 0 saturated heterocycles. The first-order valence-electron chi connectivity index (χ1n) is 8.43. The molecule has 0 atom stereocenters. The molecule has 1 N–H and O–H groups in total. The van der Waals surface area contributed by atoms with Crippen LogP contribution < -0.4 is 14.8 Å². The zero-order chi connectivity index (χ0) is 20.9. The van der Waals surface area contributed by atoms with Gasteiger partial charge in [0.2, 0.25) is 15.9 Å². The van der Waals surface area contributed by atoms with Crippen molar-refractivity contribution in [3.05, 3.63) is 53.6 Å². The van der Waals surface area contributed by atoms with E-state index in [9.17, 15) is 13.2 Å². The van der Waals surface area contributed by atoms with E-state index in [-0.39, 0.29) is 10.8 Å². The second kappa shape index (κ2) is 8.90. The van der Waals surface area contributed by atoms with Crippen molar-refractivity contribution in [2.75, 3.05) is 33.6 Å². The van der Waals surface area contributed by atoms with Crippen LogP contribution >= 0.6 is 0 Å². The Morgan fingerprint density at radius 3 is 2.32 bits per heavy atom. The van der Waals surface area contributed by atoms with E-state index in [1.165, 1.54) is 33.3 Å². The summed E-state index contributed by atoms with van der Waals surface area (Å²) in [5.41, 5.74) is 1.76. The second-order valence-electron chi connectivity index (χ2n) is 6.20. The fourth-order valence-electron chi connectivity index (χ4n) is 2.46. The normalized spacial score (nSPS) is 11.6. The number of nitrogens with one attached hydrogen (secondary N) is 1. The molecule has 2 aromatic carbocycles. The van der Waals surface area contributed by atoms with Crippen LogP contribution in [-0.2, 0) is 14.8 Å². The summed E-state index contributed by atoms with van der Waals surface area (Å²) in [6.07, 6.45) is 2.99. The number of methoxy groups -OCH3 is 2. The predicted octanol–water partition coefficient (Wildman–Crippen LogP) is 2.91. The first-order valence-corrected chi connectivity index (χ1v) is 9.87. The maximum Gasteiger partial charge on any atom is 0.248 e. The van der Waals surface area contributed by atoms with Crippen LogP contribution in [0.25, 0.3) is 6.08 Å². The Kier molecular flexibility index (Phi) is 6.82. The van der Waals surface area contributed by atoms with Gasteiger partial charge < -0.3 is 14.8 Å². The quantitative estimate of drug-likeness (QED) is 0.717. The first kappa shape index (κ1) is 21.5. The summed E-state index contributed by atoms with van der Waals surface area (Å²) in [4.78, 5) is 12.4. The van der Waals surface area contributed by atoms with Crippen LogP contribution in [0.1, 0.15) is 11.1 Å². The lowest BCUT2D eigenvalue weighted by molar-refractivity contribution is -0.111. The third kappa shape index (κ3) is 4.90. The Hall–Kier alpha value is -2.84. The summed E-state index contributed by atoms with van der Waals surface area (Å²) >= 11 is 0. The zero-order valence-electron chi connectivity index (χ0n) is 16.5. The number of sulfonamides is 1. The molecule has 0 aliphatic heterocycles. The van der Waals surface area contributed by atoms with E-state index in [2.05, 4.69) is 5.32 Å². The smallest absolute Gasteiger partial charge is 0.248 e. The maximum absolute atomic E-state index is 12.4. The average molecular weight is 404 g/mol. The zero-order valence-corrected chi connectivity index (χ0v) is 17.3. The van der Waals surface area contributed by atoms with Gasteiger partial charge in [-0.25, -0.2) is 12.7 Å². The molecule has 8 heteroatoms. The minimum Gasteiger partial charge on any atom is -0.493 e. The molecule has 0 unspecified atom stereocenters. The van der Waals surface area contributed by atoms with Crippen LogP contribution in [-0.4, -0.2) is 46.9 Å². The number of carbonyl (C=O) groups excluding carboxylic acids is 1. The molecule has 0 aromatic heterocycles. The van der Waals surface area contributed by atoms with Gasteiger partial charge in [0, 0.05) is 25.9 Å². The van der Waals surface area contributed by atoms with Gasteiger partial charge in [0.05, 0.1) is 19.1 Å². The second-order valence-corrected chi connectivity index (χ2v) is 8.32. The fourth-order valence-corrected chi connectivity index (χ4v) is 3.61. The van der Waals surface area contributed by atoms with E-state index in [1.54, 1.807) is 50.4 Å². The van der Waals surface area contributed by atoms with Gasteiger partial charge in [0.25, 0.3) is 0 Å². The summed E-state index contributed by atoms with van der Waals surface area (Å²) in [7, 11) is 2.42. The Bertz CT molecular complexity index is 998. The van der Waals surface area contributed by atoms with Crippen molar-refractivity contribution in [2.24, 2.45) is 0 Å². The summed E-state index contributed by atoms with van der Waals surface area (Å²) in [5.74, 6) is 0.771. The Morgan fingerprint density at radius 1 is 1.04 bits per heavy atom. The van der Waals surface area contributed by atoms with E-state index in [0.29, 0.717) is 22.7 Å². The Balaban J connectivity index is 2.19. The standard InChI is InChI=1S/C20H24N2O5S/c1-14-6-9-16(13-19(14)28(24,25)22(2)3)21-20(23)11-8-15-7-10-17(26-4)18(12-15)27-5/h6-13H,1-5H3,(H,21,23)/b11-8+. The van der Waals surface area contributed by atoms with Crippen molar-refractivity contribution in [3.8, 4) is 11.5 Å². The number of hydrogen-bond donors (Lipinski definition) is 1. The highest BCUT2D eigenvalue weighted by Gasteiger charge is 2.20. The number of amides is 1. The van der Waals surface area contributed by atoms with Crippen molar-refractivity contribution in [1.82, 2.24) is 4.31 Å². The van der Waals surface area contributed by atoms with Crippen LogP contribution in [0, 0.1) is 6.92 Å². The van der Waals surface area contributed by atoms with Crippen LogP contribution in [0.3, 0.4) is 0 Å². The van der Waals surface area contributed by atoms with Gasteiger partial charge in [-0.2, -0.15) is 0 Å². The maximum atomic E-state index is 12.4. The minimum absolute atomic E-state index is 0.152. The van der Waals surface area contributed by atoms with Crippen LogP contribution in [0.5, 0.6) is 11.5 Å². The summed E-state index contributed by atoms with van der Waals surface area (Å²) in [5, 5.41) is 2.68. The predicted molar refractivity (Wildman–Crippen MR) is 109 cm³/mol. The SMILES string of the molecule is COc1ccc(/C=C/C(=O)Nc2ccc(C)c(S(=O)(=O)N(C)C)c2)cc1OC. The monoisotopic (exact) mass is 404 g/mol. The molecule has 0 aliphatic rings. The molecule has 0 radical (unpaired) electrons. The van der Waals surface area contributed by atoms with E-state index >= 15 is 0 Å². The van der Waals surface area contributed by atoms with E-state index in [1.807, 2.05) is 0 Å².